The third-order valence-corrected chi connectivity index (χ3v) is 2.42. The second kappa shape index (κ2) is 5.16. The quantitative estimate of drug-likeness (QED) is 0.806. The zero-order valence-electron chi connectivity index (χ0n) is 9.60. The molecular weight excluding hydrogens is 212 g/mol. The van der Waals surface area contributed by atoms with Gasteiger partial charge >= 0.3 is 6.03 Å². The summed E-state index contributed by atoms with van der Waals surface area (Å²) in [6, 6.07) is 16.8. The van der Waals surface area contributed by atoms with Crippen LogP contribution in [0.2, 0.25) is 0 Å². The Morgan fingerprint density at radius 2 is 1.53 bits per heavy atom. The van der Waals surface area contributed by atoms with Gasteiger partial charge in [-0.1, -0.05) is 36.4 Å². The second-order valence-electron chi connectivity index (χ2n) is 3.76. The molecule has 2 rings (SSSR count). The summed E-state index contributed by atoms with van der Waals surface area (Å²) in [4.78, 5) is 11.7. The highest BCUT2D eigenvalue weighted by molar-refractivity contribution is 6.00. The largest absolute Gasteiger partial charge is 0.323 e. The molecule has 2 aromatic carbocycles. The van der Waals surface area contributed by atoms with E-state index in [9.17, 15) is 4.79 Å². The summed E-state index contributed by atoms with van der Waals surface area (Å²) < 4.78 is 0. The molecule has 2 amide bonds. The highest BCUT2D eigenvalue weighted by Crippen LogP contribution is 2.13. The normalized spacial score (nSPS) is 9.71. The van der Waals surface area contributed by atoms with Crippen LogP contribution >= 0.6 is 0 Å². The van der Waals surface area contributed by atoms with Gasteiger partial charge in [0.1, 0.15) is 0 Å². The second-order valence-corrected chi connectivity index (χ2v) is 3.76. The molecule has 0 spiro atoms. The van der Waals surface area contributed by atoms with Gasteiger partial charge in [0.05, 0.1) is 0 Å². The monoisotopic (exact) mass is 226 g/mol. The third-order valence-electron chi connectivity index (χ3n) is 2.42. The standard InChI is InChI=1S/C14H14N2O/c1-11-7-5-6-10-13(11)16-14(17)15-12-8-3-2-4-9-12/h2-10H,1H3,(H2,15,16,17). The van der Waals surface area contributed by atoms with Gasteiger partial charge in [-0.2, -0.15) is 0 Å². The van der Waals surface area contributed by atoms with Crippen molar-refractivity contribution in [1.82, 2.24) is 0 Å². The first-order valence-electron chi connectivity index (χ1n) is 5.44. The van der Waals surface area contributed by atoms with Gasteiger partial charge in [-0.15, -0.1) is 0 Å². The van der Waals surface area contributed by atoms with Crippen LogP contribution in [0.5, 0.6) is 0 Å². The molecule has 3 heteroatoms. The Balaban J connectivity index is 2.01. The van der Waals surface area contributed by atoms with Crippen molar-refractivity contribution in [2.45, 2.75) is 6.92 Å². The first kappa shape index (κ1) is 11.2. The highest BCUT2D eigenvalue weighted by Gasteiger charge is 2.03. The fourth-order valence-corrected chi connectivity index (χ4v) is 1.52. The molecule has 0 heterocycles. The number of rotatable bonds is 2. The van der Waals surface area contributed by atoms with Gasteiger partial charge in [-0.3, -0.25) is 0 Å². The molecule has 0 unspecified atom stereocenters. The number of hydrogen-bond donors (Lipinski definition) is 2. The van der Waals surface area contributed by atoms with Gasteiger partial charge in [0.15, 0.2) is 0 Å². The molecule has 0 saturated heterocycles. The Labute approximate surface area is 100 Å². The Kier molecular flexibility index (Phi) is 3.40. The predicted molar refractivity (Wildman–Crippen MR) is 70.3 cm³/mol. The number of aryl methyl sites for hydroxylation is 1. The van der Waals surface area contributed by atoms with Crippen LogP contribution in [-0.4, -0.2) is 6.03 Å². The van der Waals surface area contributed by atoms with Crippen molar-refractivity contribution in [3.8, 4) is 0 Å². The van der Waals surface area contributed by atoms with Crippen molar-refractivity contribution in [2.24, 2.45) is 0 Å². The van der Waals surface area contributed by atoms with Crippen molar-refractivity contribution in [3.05, 3.63) is 60.2 Å². The fraction of sp³-hybridized carbons (Fsp3) is 0.0714. The first-order chi connectivity index (χ1) is 8.25. The molecule has 86 valence electrons. The lowest BCUT2D eigenvalue weighted by molar-refractivity contribution is 0.262. The minimum Gasteiger partial charge on any atom is -0.308 e. The van der Waals surface area contributed by atoms with Gasteiger partial charge in [-0.05, 0) is 30.7 Å². The van der Waals surface area contributed by atoms with Crippen molar-refractivity contribution < 1.29 is 4.79 Å². The number of para-hydroxylation sites is 2. The Morgan fingerprint density at radius 1 is 0.882 bits per heavy atom. The summed E-state index contributed by atoms with van der Waals surface area (Å²) >= 11 is 0. The minimum atomic E-state index is -0.231. The van der Waals surface area contributed by atoms with Gasteiger partial charge < -0.3 is 10.6 Å². The van der Waals surface area contributed by atoms with Crippen LogP contribution in [0.4, 0.5) is 16.2 Å². The average Bonchev–Trinajstić information content (AvgIpc) is 2.33. The lowest BCUT2D eigenvalue weighted by atomic mass is 10.2. The van der Waals surface area contributed by atoms with E-state index in [2.05, 4.69) is 10.6 Å². The molecule has 2 N–H and O–H groups in total. The zero-order chi connectivity index (χ0) is 12.1. The van der Waals surface area contributed by atoms with E-state index in [0.29, 0.717) is 0 Å². The number of carbonyl (C=O) groups excluding carboxylic acids is 1. The van der Waals surface area contributed by atoms with Gasteiger partial charge in [0.2, 0.25) is 0 Å². The molecule has 0 bridgehead atoms. The molecular formula is C14H14N2O. The minimum absolute atomic E-state index is 0.231. The average molecular weight is 226 g/mol. The number of benzene rings is 2. The van der Waals surface area contributed by atoms with Crippen LogP contribution in [0, 0.1) is 6.92 Å². The van der Waals surface area contributed by atoms with Gasteiger partial charge in [-0.25, -0.2) is 4.79 Å². The van der Waals surface area contributed by atoms with Gasteiger partial charge in [0, 0.05) is 11.4 Å². The molecule has 17 heavy (non-hydrogen) atoms. The Morgan fingerprint density at radius 3 is 2.24 bits per heavy atom. The summed E-state index contributed by atoms with van der Waals surface area (Å²) in [5, 5.41) is 5.58. The first-order valence-corrected chi connectivity index (χ1v) is 5.44. The smallest absolute Gasteiger partial charge is 0.308 e. The summed E-state index contributed by atoms with van der Waals surface area (Å²) in [5.41, 5.74) is 2.63. The Bertz CT molecular complexity index is 509. The van der Waals surface area contributed by atoms with Crippen molar-refractivity contribution >= 4 is 17.4 Å². The molecule has 0 saturated carbocycles. The molecule has 0 aliphatic carbocycles. The van der Waals surface area contributed by atoms with Crippen molar-refractivity contribution in [3.63, 3.8) is 0 Å². The molecule has 3 nitrogen and oxygen atoms in total. The van der Waals surface area contributed by atoms with E-state index >= 15 is 0 Å². The molecule has 0 aliphatic rings. The maximum absolute atomic E-state index is 11.7. The van der Waals surface area contributed by atoms with Crippen LogP contribution in [0.1, 0.15) is 5.56 Å². The van der Waals surface area contributed by atoms with Crippen LogP contribution < -0.4 is 10.6 Å². The van der Waals surface area contributed by atoms with E-state index in [1.165, 1.54) is 0 Å². The highest BCUT2D eigenvalue weighted by atomic mass is 16.2. The number of amides is 2. The number of nitrogens with one attached hydrogen (secondary N) is 2. The summed E-state index contributed by atoms with van der Waals surface area (Å²) in [6.45, 7) is 1.96. The van der Waals surface area contributed by atoms with E-state index < -0.39 is 0 Å². The SMILES string of the molecule is Cc1ccccc1NC(=O)Nc1ccccc1. The lowest BCUT2D eigenvalue weighted by Crippen LogP contribution is -2.19. The molecule has 0 aromatic heterocycles. The summed E-state index contributed by atoms with van der Waals surface area (Å²) in [6.07, 6.45) is 0. The summed E-state index contributed by atoms with van der Waals surface area (Å²) in [5.74, 6) is 0. The number of hydrogen-bond acceptors (Lipinski definition) is 1. The van der Waals surface area contributed by atoms with Crippen LogP contribution in [-0.2, 0) is 0 Å². The zero-order valence-corrected chi connectivity index (χ0v) is 9.60. The van der Waals surface area contributed by atoms with E-state index in [4.69, 9.17) is 0 Å². The molecule has 2 aromatic rings. The molecule has 0 atom stereocenters. The van der Waals surface area contributed by atoms with E-state index in [0.717, 1.165) is 16.9 Å². The van der Waals surface area contributed by atoms with Crippen molar-refractivity contribution in [2.75, 3.05) is 10.6 Å². The number of anilines is 2. The fourth-order valence-electron chi connectivity index (χ4n) is 1.52. The van der Waals surface area contributed by atoms with Crippen LogP contribution in [0.15, 0.2) is 54.6 Å². The van der Waals surface area contributed by atoms with Crippen molar-refractivity contribution in [1.29, 1.82) is 0 Å². The van der Waals surface area contributed by atoms with Gasteiger partial charge in [0.25, 0.3) is 0 Å². The van der Waals surface area contributed by atoms with E-state index in [1.54, 1.807) is 0 Å². The lowest BCUT2D eigenvalue weighted by Gasteiger charge is -2.09. The predicted octanol–water partition coefficient (Wildman–Crippen LogP) is 3.64. The topological polar surface area (TPSA) is 41.1 Å². The van der Waals surface area contributed by atoms with Crippen LogP contribution in [0.3, 0.4) is 0 Å². The maximum Gasteiger partial charge on any atom is 0.323 e. The van der Waals surface area contributed by atoms with E-state index in [1.807, 2.05) is 61.5 Å². The third kappa shape index (κ3) is 3.08. The number of urea groups is 1. The Hall–Kier alpha value is -2.29. The molecule has 0 fully saturated rings. The number of carbonyl (C=O) groups is 1. The molecule has 0 aliphatic heterocycles. The van der Waals surface area contributed by atoms with Crippen LogP contribution in [0.25, 0.3) is 0 Å². The maximum atomic E-state index is 11.7. The summed E-state index contributed by atoms with van der Waals surface area (Å²) in [7, 11) is 0. The molecule has 0 radical (unpaired) electrons. The van der Waals surface area contributed by atoms with E-state index in [-0.39, 0.29) is 6.03 Å².